The highest BCUT2D eigenvalue weighted by molar-refractivity contribution is 5.68. The Hall–Kier alpha value is -1.62. The van der Waals surface area contributed by atoms with Crippen LogP contribution in [0.2, 0.25) is 0 Å². The van der Waals surface area contributed by atoms with Crippen molar-refractivity contribution in [1.82, 2.24) is 5.32 Å². The number of benzene rings is 1. The number of aliphatic hydroxyl groups is 1. The smallest absolute Gasteiger partial charge is 0.408 e. The zero-order valence-electron chi connectivity index (χ0n) is 10.7. The summed E-state index contributed by atoms with van der Waals surface area (Å²) in [6.45, 7) is 4.77. The number of ether oxygens (including phenoxy) is 1. The highest BCUT2D eigenvalue weighted by Crippen LogP contribution is 2.17. The molecular weight excluding hydrogens is 237 g/mol. The lowest BCUT2D eigenvalue weighted by molar-refractivity contribution is 0.0480. The van der Waals surface area contributed by atoms with Crippen LogP contribution in [0.5, 0.6) is 0 Å². The number of halogens is 1. The molecule has 0 spiro atoms. The lowest BCUT2D eigenvalue weighted by Crippen LogP contribution is -2.36. The van der Waals surface area contributed by atoms with Gasteiger partial charge < -0.3 is 15.2 Å². The highest BCUT2D eigenvalue weighted by Gasteiger charge is 2.21. The van der Waals surface area contributed by atoms with E-state index in [0.717, 1.165) is 0 Å². The van der Waals surface area contributed by atoms with Crippen molar-refractivity contribution in [1.29, 1.82) is 0 Å². The molecule has 100 valence electrons. The molecule has 1 atom stereocenters. The van der Waals surface area contributed by atoms with Gasteiger partial charge in [-0.1, -0.05) is 18.2 Å². The van der Waals surface area contributed by atoms with Crippen LogP contribution in [0.3, 0.4) is 0 Å². The Morgan fingerprint density at radius 3 is 2.56 bits per heavy atom. The Morgan fingerprint density at radius 2 is 2.06 bits per heavy atom. The fraction of sp³-hybridized carbons (Fsp3) is 0.462. The van der Waals surface area contributed by atoms with E-state index in [0.29, 0.717) is 0 Å². The van der Waals surface area contributed by atoms with Crippen LogP contribution >= 0.6 is 0 Å². The summed E-state index contributed by atoms with van der Waals surface area (Å²) in [5, 5.41) is 11.6. The maximum Gasteiger partial charge on any atom is 0.408 e. The summed E-state index contributed by atoms with van der Waals surface area (Å²) in [5.74, 6) is -0.479. The molecule has 0 radical (unpaired) electrons. The third-order valence-electron chi connectivity index (χ3n) is 2.15. The Bertz CT molecular complexity index is 415. The van der Waals surface area contributed by atoms with Gasteiger partial charge in [-0.05, 0) is 26.8 Å². The first-order valence-electron chi connectivity index (χ1n) is 5.68. The van der Waals surface area contributed by atoms with Crippen molar-refractivity contribution < 1.29 is 19.0 Å². The second-order valence-electron chi connectivity index (χ2n) is 4.90. The van der Waals surface area contributed by atoms with Crippen LogP contribution in [0.25, 0.3) is 0 Å². The van der Waals surface area contributed by atoms with Gasteiger partial charge in [0, 0.05) is 5.56 Å². The summed E-state index contributed by atoms with van der Waals surface area (Å²) in [5.41, 5.74) is -0.412. The quantitative estimate of drug-likeness (QED) is 0.871. The molecule has 4 nitrogen and oxygen atoms in total. The molecule has 0 aliphatic carbocycles. The van der Waals surface area contributed by atoms with E-state index in [1.165, 1.54) is 12.1 Å². The topological polar surface area (TPSA) is 58.6 Å². The monoisotopic (exact) mass is 255 g/mol. The number of alkyl carbamates (subject to hydrolysis) is 1. The summed E-state index contributed by atoms with van der Waals surface area (Å²) in [7, 11) is 0. The Balaban J connectivity index is 2.74. The summed E-state index contributed by atoms with van der Waals surface area (Å²) >= 11 is 0. The maximum absolute atomic E-state index is 13.5. The molecule has 5 heteroatoms. The molecular formula is C13H18FNO3. The molecule has 18 heavy (non-hydrogen) atoms. The molecule has 1 aromatic carbocycles. The summed E-state index contributed by atoms with van der Waals surface area (Å²) in [6.07, 6.45) is -0.690. The second kappa shape index (κ2) is 5.82. The Morgan fingerprint density at radius 1 is 1.44 bits per heavy atom. The van der Waals surface area contributed by atoms with Gasteiger partial charge in [-0.25, -0.2) is 9.18 Å². The Kier molecular flexibility index (Phi) is 4.67. The molecule has 0 aromatic heterocycles. The number of hydrogen-bond acceptors (Lipinski definition) is 3. The van der Waals surface area contributed by atoms with E-state index in [4.69, 9.17) is 4.74 Å². The number of amides is 1. The van der Waals surface area contributed by atoms with E-state index in [1.807, 2.05) is 0 Å². The highest BCUT2D eigenvalue weighted by atomic mass is 19.1. The van der Waals surface area contributed by atoms with Gasteiger partial charge in [-0.2, -0.15) is 0 Å². The van der Waals surface area contributed by atoms with Crippen LogP contribution in [0.4, 0.5) is 9.18 Å². The van der Waals surface area contributed by atoms with Crippen LogP contribution in [-0.2, 0) is 4.74 Å². The first-order valence-corrected chi connectivity index (χ1v) is 5.68. The van der Waals surface area contributed by atoms with E-state index >= 15 is 0 Å². The molecule has 1 aromatic rings. The number of nitrogens with one attached hydrogen (secondary N) is 1. The lowest BCUT2D eigenvalue weighted by Gasteiger charge is -2.23. The number of aliphatic hydroxyl groups excluding tert-OH is 1. The molecule has 0 heterocycles. The number of carbonyl (C=O) groups excluding carboxylic acids is 1. The van der Waals surface area contributed by atoms with E-state index in [9.17, 15) is 14.3 Å². The molecule has 1 amide bonds. The van der Waals surface area contributed by atoms with E-state index in [-0.39, 0.29) is 5.56 Å². The van der Waals surface area contributed by atoms with E-state index in [2.05, 4.69) is 5.32 Å². The zero-order valence-corrected chi connectivity index (χ0v) is 10.7. The van der Waals surface area contributed by atoms with Crippen LogP contribution in [-0.4, -0.2) is 23.4 Å². The fourth-order valence-electron chi connectivity index (χ4n) is 1.43. The Labute approximate surface area is 106 Å². The average Bonchev–Trinajstić information content (AvgIpc) is 2.24. The van der Waals surface area contributed by atoms with Crippen molar-refractivity contribution in [2.45, 2.75) is 32.4 Å². The first kappa shape index (κ1) is 14.4. The van der Waals surface area contributed by atoms with Crippen LogP contribution in [0.1, 0.15) is 32.4 Å². The standard InChI is InChI=1S/C13H18FNO3/c1-13(2,3)18-12(17)15-11(8-16)9-6-4-5-7-10(9)14/h4-7,11,16H,8H2,1-3H3,(H,15,17)/t11-/m0/s1. The van der Waals surface area contributed by atoms with E-state index < -0.39 is 30.2 Å². The summed E-state index contributed by atoms with van der Waals surface area (Å²) in [6, 6.07) is 5.14. The molecule has 0 unspecified atom stereocenters. The molecule has 0 saturated carbocycles. The van der Waals surface area contributed by atoms with Crippen LogP contribution in [0, 0.1) is 5.82 Å². The minimum atomic E-state index is -0.818. The van der Waals surface area contributed by atoms with Crippen molar-refractivity contribution in [3.8, 4) is 0 Å². The molecule has 0 aliphatic heterocycles. The lowest BCUT2D eigenvalue weighted by atomic mass is 10.1. The second-order valence-corrected chi connectivity index (χ2v) is 4.90. The summed E-state index contributed by atoms with van der Waals surface area (Å²) < 4.78 is 18.6. The average molecular weight is 255 g/mol. The van der Waals surface area contributed by atoms with E-state index in [1.54, 1.807) is 32.9 Å². The minimum Gasteiger partial charge on any atom is -0.444 e. The van der Waals surface area contributed by atoms with Gasteiger partial charge in [0.1, 0.15) is 11.4 Å². The molecule has 2 N–H and O–H groups in total. The number of rotatable bonds is 3. The normalized spacial score (nSPS) is 12.9. The molecule has 0 fully saturated rings. The predicted octanol–water partition coefficient (Wildman–Crippen LogP) is 2.38. The SMILES string of the molecule is CC(C)(C)OC(=O)N[C@@H](CO)c1ccccc1F. The zero-order chi connectivity index (χ0) is 13.8. The van der Waals surface area contributed by atoms with Gasteiger partial charge in [0.05, 0.1) is 12.6 Å². The van der Waals surface area contributed by atoms with Gasteiger partial charge >= 0.3 is 6.09 Å². The van der Waals surface area contributed by atoms with Gasteiger partial charge in [0.2, 0.25) is 0 Å². The van der Waals surface area contributed by atoms with Crippen molar-refractivity contribution in [3.63, 3.8) is 0 Å². The van der Waals surface area contributed by atoms with Gasteiger partial charge in [-0.3, -0.25) is 0 Å². The first-order chi connectivity index (χ1) is 8.33. The molecule has 0 aliphatic rings. The van der Waals surface area contributed by atoms with Gasteiger partial charge in [0.25, 0.3) is 0 Å². The fourth-order valence-corrected chi connectivity index (χ4v) is 1.43. The number of carbonyl (C=O) groups is 1. The summed E-state index contributed by atoms with van der Waals surface area (Å²) in [4.78, 5) is 11.5. The minimum absolute atomic E-state index is 0.228. The maximum atomic E-state index is 13.5. The van der Waals surface area contributed by atoms with Gasteiger partial charge in [0.15, 0.2) is 0 Å². The molecule has 0 saturated heterocycles. The van der Waals surface area contributed by atoms with Crippen LogP contribution in [0.15, 0.2) is 24.3 Å². The van der Waals surface area contributed by atoms with Crippen LogP contribution < -0.4 is 5.32 Å². The molecule has 1 rings (SSSR count). The predicted molar refractivity (Wildman–Crippen MR) is 65.6 cm³/mol. The third-order valence-corrected chi connectivity index (χ3v) is 2.15. The largest absolute Gasteiger partial charge is 0.444 e. The number of hydrogen-bond donors (Lipinski definition) is 2. The van der Waals surface area contributed by atoms with Crippen molar-refractivity contribution in [3.05, 3.63) is 35.6 Å². The van der Waals surface area contributed by atoms with Gasteiger partial charge in [-0.15, -0.1) is 0 Å². The third kappa shape index (κ3) is 4.33. The van der Waals surface area contributed by atoms with Crippen molar-refractivity contribution in [2.24, 2.45) is 0 Å². The van der Waals surface area contributed by atoms with Crippen molar-refractivity contribution in [2.75, 3.05) is 6.61 Å². The van der Waals surface area contributed by atoms with Crippen molar-refractivity contribution >= 4 is 6.09 Å². The molecule has 0 bridgehead atoms.